The number of carbonyl (C=O) groups is 2. The van der Waals surface area contributed by atoms with E-state index >= 15 is 0 Å². The van der Waals surface area contributed by atoms with E-state index in [0.29, 0.717) is 46.7 Å². The summed E-state index contributed by atoms with van der Waals surface area (Å²) in [6.45, 7) is 0.555. The maximum atomic E-state index is 14.0. The Kier molecular flexibility index (Phi) is 8.61. The number of para-hydroxylation sites is 2. The summed E-state index contributed by atoms with van der Waals surface area (Å²) in [6, 6.07) is 28.8. The summed E-state index contributed by atoms with van der Waals surface area (Å²) in [5.41, 5.74) is 3.69. The topological polar surface area (TPSA) is 76.5 Å². The van der Waals surface area contributed by atoms with Crippen LogP contribution in [0.5, 0.6) is 11.5 Å². The van der Waals surface area contributed by atoms with E-state index in [1.54, 1.807) is 65.4 Å². The normalized spacial score (nSPS) is 13.5. The summed E-state index contributed by atoms with van der Waals surface area (Å²) in [5.74, 6) is -0.779. The van der Waals surface area contributed by atoms with Crippen molar-refractivity contribution in [3.05, 3.63) is 126 Å². The lowest BCUT2D eigenvalue weighted by molar-refractivity contribution is -0.161. The van der Waals surface area contributed by atoms with Crippen LogP contribution in [0.4, 0.5) is 19.0 Å². The SMILES string of the molecule is CCCCN(CC(F)(F)F)C(=O)C1c2ccccc2-c2cccc(-n3cnc(NC(=O)c4ccccc4Oc4ccccc4)c3)c21. The van der Waals surface area contributed by atoms with E-state index in [4.69, 9.17) is 4.74 Å². The maximum Gasteiger partial charge on any atom is 0.406 e. The van der Waals surface area contributed by atoms with Gasteiger partial charge < -0.3 is 19.5 Å². The Morgan fingerprint density at radius 3 is 2.41 bits per heavy atom. The quantitative estimate of drug-likeness (QED) is 0.170. The maximum absolute atomic E-state index is 14.0. The van der Waals surface area contributed by atoms with Gasteiger partial charge in [-0.2, -0.15) is 13.2 Å². The summed E-state index contributed by atoms with van der Waals surface area (Å²) in [5, 5.41) is 2.81. The average Bonchev–Trinajstić information content (AvgIpc) is 3.65. The van der Waals surface area contributed by atoms with E-state index in [1.807, 2.05) is 49.4 Å². The summed E-state index contributed by atoms with van der Waals surface area (Å²) in [6.07, 6.45) is -0.312. The van der Waals surface area contributed by atoms with Gasteiger partial charge in [0.15, 0.2) is 5.82 Å². The van der Waals surface area contributed by atoms with Crippen molar-refractivity contribution in [1.82, 2.24) is 14.5 Å². The Balaban J connectivity index is 1.32. The van der Waals surface area contributed by atoms with Crippen LogP contribution in [0.15, 0.2) is 110 Å². The Bertz CT molecular complexity index is 1870. The molecule has 1 aromatic heterocycles. The minimum atomic E-state index is -4.54. The van der Waals surface area contributed by atoms with Crippen molar-refractivity contribution in [1.29, 1.82) is 0 Å². The van der Waals surface area contributed by atoms with Crippen LogP contribution in [0.2, 0.25) is 0 Å². The van der Waals surface area contributed by atoms with E-state index in [9.17, 15) is 22.8 Å². The smallest absolute Gasteiger partial charge is 0.406 e. The van der Waals surface area contributed by atoms with Crippen molar-refractivity contribution in [2.75, 3.05) is 18.4 Å². The molecule has 46 heavy (non-hydrogen) atoms. The molecule has 234 valence electrons. The van der Waals surface area contributed by atoms with Crippen LogP contribution < -0.4 is 10.1 Å². The van der Waals surface area contributed by atoms with Gasteiger partial charge in [0.2, 0.25) is 5.91 Å². The van der Waals surface area contributed by atoms with E-state index in [-0.39, 0.29) is 12.4 Å². The molecule has 0 spiro atoms. The third kappa shape index (κ3) is 6.37. The van der Waals surface area contributed by atoms with E-state index in [2.05, 4.69) is 10.3 Å². The number of nitrogens with zero attached hydrogens (tertiary/aromatic N) is 3. The molecule has 0 aliphatic heterocycles. The van der Waals surface area contributed by atoms with Gasteiger partial charge in [0.05, 0.1) is 23.4 Å². The highest BCUT2D eigenvalue weighted by Crippen LogP contribution is 2.48. The van der Waals surface area contributed by atoms with E-state index < -0.39 is 30.5 Å². The molecule has 2 amide bonds. The van der Waals surface area contributed by atoms with Gasteiger partial charge in [-0.15, -0.1) is 0 Å². The number of hydrogen-bond donors (Lipinski definition) is 1. The molecule has 0 radical (unpaired) electrons. The Hall–Kier alpha value is -5.38. The number of anilines is 1. The molecule has 0 saturated heterocycles. The summed E-state index contributed by atoms with van der Waals surface area (Å²) >= 11 is 0. The zero-order valence-corrected chi connectivity index (χ0v) is 25.0. The minimum absolute atomic E-state index is 0.00171. The van der Waals surface area contributed by atoms with Gasteiger partial charge in [0.25, 0.3) is 5.91 Å². The molecule has 5 aromatic rings. The summed E-state index contributed by atoms with van der Waals surface area (Å²) in [4.78, 5) is 32.7. The lowest BCUT2D eigenvalue weighted by atomic mass is 9.93. The van der Waals surface area contributed by atoms with Gasteiger partial charge in [-0.3, -0.25) is 9.59 Å². The van der Waals surface area contributed by atoms with E-state index in [0.717, 1.165) is 16.0 Å². The van der Waals surface area contributed by atoms with Crippen LogP contribution in [0.3, 0.4) is 0 Å². The predicted molar refractivity (Wildman–Crippen MR) is 169 cm³/mol. The molecule has 10 heteroatoms. The number of benzene rings is 4. The van der Waals surface area contributed by atoms with Crippen LogP contribution in [-0.4, -0.2) is 45.5 Å². The largest absolute Gasteiger partial charge is 0.457 e. The number of nitrogens with one attached hydrogen (secondary N) is 1. The Morgan fingerprint density at radius 2 is 1.63 bits per heavy atom. The molecule has 0 saturated carbocycles. The number of alkyl halides is 3. The van der Waals surface area contributed by atoms with Gasteiger partial charge in [0.1, 0.15) is 24.4 Å². The zero-order chi connectivity index (χ0) is 32.3. The molecule has 0 fully saturated rings. The van der Waals surface area contributed by atoms with Gasteiger partial charge in [-0.1, -0.05) is 80.1 Å². The summed E-state index contributed by atoms with van der Waals surface area (Å²) in [7, 11) is 0. The molecule has 4 aromatic carbocycles. The second kappa shape index (κ2) is 12.9. The number of imidazole rings is 1. The van der Waals surface area contributed by atoms with Crippen LogP contribution in [0, 0.1) is 0 Å². The number of amides is 2. The molecule has 1 N–H and O–H groups in total. The highest BCUT2D eigenvalue weighted by atomic mass is 19.4. The van der Waals surface area contributed by atoms with Gasteiger partial charge >= 0.3 is 6.18 Å². The van der Waals surface area contributed by atoms with Gasteiger partial charge in [-0.25, -0.2) is 4.98 Å². The number of aromatic nitrogens is 2. The highest BCUT2D eigenvalue weighted by Gasteiger charge is 2.41. The first-order valence-corrected chi connectivity index (χ1v) is 15.0. The van der Waals surface area contributed by atoms with E-state index in [1.165, 1.54) is 6.33 Å². The summed E-state index contributed by atoms with van der Waals surface area (Å²) < 4.78 is 48.5. The Labute approximate surface area is 264 Å². The third-order valence-electron chi connectivity index (χ3n) is 7.85. The van der Waals surface area contributed by atoms with Crippen molar-refractivity contribution in [3.8, 4) is 28.3 Å². The van der Waals surface area contributed by atoms with Crippen LogP contribution in [0.1, 0.15) is 47.2 Å². The fraction of sp³-hybridized carbons (Fsp3) is 0.194. The molecule has 1 atom stereocenters. The molecule has 7 nitrogen and oxygen atoms in total. The van der Waals surface area contributed by atoms with Crippen LogP contribution in [-0.2, 0) is 4.79 Å². The second-order valence-electron chi connectivity index (χ2n) is 11.0. The number of halogens is 3. The minimum Gasteiger partial charge on any atom is -0.457 e. The Morgan fingerprint density at radius 1 is 0.913 bits per heavy atom. The first-order valence-electron chi connectivity index (χ1n) is 15.0. The van der Waals surface area contributed by atoms with Gasteiger partial charge in [-0.05, 0) is 53.4 Å². The number of rotatable bonds is 10. The molecule has 1 heterocycles. The van der Waals surface area contributed by atoms with Crippen molar-refractivity contribution >= 4 is 17.6 Å². The molecule has 0 bridgehead atoms. The lowest BCUT2D eigenvalue weighted by Crippen LogP contribution is -2.42. The molecular weight excluding hydrogens is 593 g/mol. The highest BCUT2D eigenvalue weighted by molar-refractivity contribution is 6.05. The molecule has 1 unspecified atom stereocenters. The predicted octanol–water partition coefficient (Wildman–Crippen LogP) is 8.22. The van der Waals surface area contributed by atoms with Crippen LogP contribution in [0.25, 0.3) is 16.8 Å². The van der Waals surface area contributed by atoms with Crippen LogP contribution >= 0.6 is 0 Å². The number of ether oxygens (including phenoxy) is 1. The van der Waals surface area contributed by atoms with Crippen molar-refractivity contribution < 1.29 is 27.5 Å². The van der Waals surface area contributed by atoms with Gasteiger partial charge in [0, 0.05) is 12.1 Å². The fourth-order valence-electron chi connectivity index (χ4n) is 5.80. The third-order valence-corrected chi connectivity index (χ3v) is 7.85. The molecule has 1 aliphatic carbocycles. The monoisotopic (exact) mass is 624 g/mol. The molecular formula is C36H31F3N4O3. The zero-order valence-electron chi connectivity index (χ0n) is 25.0. The number of hydrogen-bond acceptors (Lipinski definition) is 4. The first kappa shape index (κ1) is 30.6. The number of unbranched alkanes of at least 4 members (excludes halogenated alkanes) is 1. The van der Waals surface area contributed by atoms with Crippen molar-refractivity contribution in [2.45, 2.75) is 31.9 Å². The average molecular weight is 625 g/mol. The standard InChI is InChI=1S/C36H31F3N4O3/c1-2-3-20-42(22-36(37,38)39)35(45)33-27-15-8-7-14-25(27)26-17-11-18-29(32(26)33)43-21-31(40-23-43)41-34(44)28-16-9-10-19-30(28)46-24-12-5-4-6-13-24/h4-19,21,23,33H,2-3,20,22H2,1H3,(H,41,44). The second-order valence-corrected chi connectivity index (χ2v) is 11.0. The fourth-order valence-corrected chi connectivity index (χ4v) is 5.80. The number of carbonyl (C=O) groups excluding carboxylic acids is 2. The first-order chi connectivity index (χ1) is 22.2. The molecule has 1 aliphatic rings. The molecule has 6 rings (SSSR count). The lowest BCUT2D eigenvalue weighted by Gasteiger charge is -2.28. The van der Waals surface area contributed by atoms with Crippen molar-refractivity contribution in [3.63, 3.8) is 0 Å². The van der Waals surface area contributed by atoms with Crippen molar-refractivity contribution in [2.24, 2.45) is 0 Å². The number of fused-ring (bicyclic) bond motifs is 3.